The number of nitrogens with zero attached hydrogens (tertiary/aromatic N) is 2. The van der Waals surface area contributed by atoms with Crippen molar-refractivity contribution >= 4 is 58.0 Å². The molecule has 2 heterocycles. The fourth-order valence-electron chi connectivity index (χ4n) is 4.02. The van der Waals surface area contributed by atoms with Crippen LogP contribution in [0.4, 0.5) is 17.5 Å². The van der Waals surface area contributed by atoms with E-state index >= 15 is 0 Å². The second-order valence-corrected chi connectivity index (χ2v) is 9.50. The van der Waals surface area contributed by atoms with Gasteiger partial charge in [-0.05, 0) is 53.7 Å². The highest BCUT2D eigenvalue weighted by Crippen LogP contribution is 2.39. The first-order valence-electron chi connectivity index (χ1n) is 11.3. The maximum absolute atomic E-state index is 11.6. The molecule has 1 fully saturated rings. The quantitative estimate of drug-likeness (QED) is 0.290. The minimum Gasteiger partial charge on any atom is -0.381 e. The molecule has 2 N–H and O–H groups in total. The van der Waals surface area contributed by atoms with Crippen molar-refractivity contribution in [2.24, 2.45) is 0 Å². The molecule has 1 aromatic heterocycles. The molecule has 6 nitrogen and oxygen atoms in total. The summed E-state index contributed by atoms with van der Waals surface area (Å²) in [6, 6.07) is 11.4. The highest BCUT2D eigenvalue weighted by Gasteiger charge is 2.22. The van der Waals surface area contributed by atoms with E-state index in [1.807, 2.05) is 36.4 Å². The number of nitrogens with one attached hydrogen (secondary N) is 2. The molecular weight excluding hydrogens is 507 g/mol. The number of aromatic nitrogens is 2. The molecule has 3 aromatic rings. The number of anilines is 3. The first-order chi connectivity index (χ1) is 16.9. The van der Waals surface area contributed by atoms with Crippen LogP contribution in [0.15, 0.2) is 55.3 Å². The third-order valence-corrected chi connectivity index (χ3v) is 6.67. The molecule has 0 spiro atoms. The SMILES string of the molecule is C=CC(=O)Cc1cccc(CNc2nc(Nc3cc(Cl)c(C4CCOCC4)c(Cl)c3)ncc2Cl)c1. The summed E-state index contributed by atoms with van der Waals surface area (Å²) in [5, 5.41) is 7.99. The Morgan fingerprint density at radius 2 is 1.80 bits per heavy atom. The van der Waals surface area contributed by atoms with Crippen LogP contribution in [0.5, 0.6) is 0 Å². The van der Waals surface area contributed by atoms with Gasteiger partial charge in [0.25, 0.3) is 0 Å². The van der Waals surface area contributed by atoms with Gasteiger partial charge in [-0.25, -0.2) is 4.98 Å². The third kappa shape index (κ3) is 6.73. The van der Waals surface area contributed by atoms with Gasteiger partial charge in [0.15, 0.2) is 11.6 Å². The number of benzene rings is 2. The molecule has 2 aromatic carbocycles. The van der Waals surface area contributed by atoms with Crippen molar-refractivity contribution in [3.05, 3.63) is 87.0 Å². The second-order valence-electron chi connectivity index (χ2n) is 8.28. The Labute approximate surface area is 219 Å². The molecule has 0 unspecified atom stereocenters. The molecule has 4 rings (SSSR count). The summed E-state index contributed by atoms with van der Waals surface area (Å²) in [4.78, 5) is 20.4. The highest BCUT2D eigenvalue weighted by molar-refractivity contribution is 6.36. The third-order valence-electron chi connectivity index (χ3n) is 5.77. The zero-order chi connectivity index (χ0) is 24.8. The van der Waals surface area contributed by atoms with Crippen LogP contribution in [0, 0.1) is 0 Å². The lowest BCUT2D eigenvalue weighted by molar-refractivity contribution is -0.114. The van der Waals surface area contributed by atoms with Crippen molar-refractivity contribution in [1.82, 2.24) is 9.97 Å². The van der Waals surface area contributed by atoms with Crippen LogP contribution in [-0.4, -0.2) is 29.0 Å². The zero-order valence-electron chi connectivity index (χ0n) is 19.0. The van der Waals surface area contributed by atoms with E-state index in [-0.39, 0.29) is 11.7 Å². The molecule has 182 valence electrons. The van der Waals surface area contributed by atoms with Gasteiger partial charge < -0.3 is 15.4 Å². The molecule has 0 bridgehead atoms. The molecule has 0 aliphatic carbocycles. The topological polar surface area (TPSA) is 76.1 Å². The number of hydrogen-bond acceptors (Lipinski definition) is 6. The number of carbonyl (C=O) groups excluding carboxylic acids is 1. The van der Waals surface area contributed by atoms with Gasteiger partial charge in [-0.15, -0.1) is 0 Å². The molecule has 1 aliphatic rings. The molecule has 35 heavy (non-hydrogen) atoms. The lowest BCUT2D eigenvalue weighted by atomic mass is 9.91. The maximum atomic E-state index is 11.6. The number of rotatable bonds is 9. The van der Waals surface area contributed by atoms with Crippen LogP contribution < -0.4 is 10.6 Å². The Balaban J connectivity index is 1.45. The molecular formula is C26H25Cl3N4O2. The van der Waals surface area contributed by atoms with E-state index in [4.69, 9.17) is 39.5 Å². The molecule has 1 aliphatic heterocycles. The number of halogens is 3. The Bertz CT molecular complexity index is 1210. The summed E-state index contributed by atoms with van der Waals surface area (Å²) in [5.41, 5.74) is 3.55. The van der Waals surface area contributed by atoms with Gasteiger partial charge in [0.2, 0.25) is 5.95 Å². The van der Waals surface area contributed by atoms with Crippen molar-refractivity contribution in [2.75, 3.05) is 23.8 Å². The minimum absolute atomic E-state index is 0.0225. The van der Waals surface area contributed by atoms with Crippen molar-refractivity contribution < 1.29 is 9.53 Å². The first kappa shape index (κ1) is 25.5. The van der Waals surface area contributed by atoms with Gasteiger partial charge in [0.05, 0.1) is 6.20 Å². The Morgan fingerprint density at radius 3 is 2.51 bits per heavy atom. The smallest absolute Gasteiger partial charge is 0.229 e. The number of ketones is 1. The van der Waals surface area contributed by atoms with Gasteiger partial charge in [-0.1, -0.05) is 65.6 Å². The van der Waals surface area contributed by atoms with Crippen LogP contribution >= 0.6 is 34.8 Å². The first-order valence-corrected chi connectivity index (χ1v) is 12.4. The summed E-state index contributed by atoms with van der Waals surface area (Å²) in [5.74, 6) is 1.10. The molecule has 9 heteroatoms. The van der Waals surface area contributed by atoms with E-state index in [9.17, 15) is 4.79 Å². The number of hydrogen-bond donors (Lipinski definition) is 2. The van der Waals surface area contributed by atoms with Crippen LogP contribution in [0.1, 0.15) is 35.4 Å². The van der Waals surface area contributed by atoms with E-state index in [2.05, 4.69) is 27.2 Å². The summed E-state index contributed by atoms with van der Waals surface area (Å²) < 4.78 is 5.45. The molecule has 1 saturated heterocycles. The van der Waals surface area contributed by atoms with E-state index in [1.54, 1.807) is 0 Å². The Morgan fingerprint density at radius 1 is 1.09 bits per heavy atom. The van der Waals surface area contributed by atoms with E-state index in [0.717, 1.165) is 29.5 Å². The normalized spacial score (nSPS) is 13.9. The molecule has 0 amide bonds. The zero-order valence-corrected chi connectivity index (χ0v) is 21.3. The van der Waals surface area contributed by atoms with Crippen molar-refractivity contribution in [2.45, 2.75) is 31.7 Å². The average molecular weight is 532 g/mol. The summed E-state index contributed by atoms with van der Waals surface area (Å²) in [6.45, 7) is 5.42. The van der Waals surface area contributed by atoms with Gasteiger partial charge in [0.1, 0.15) is 5.02 Å². The van der Waals surface area contributed by atoms with Crippen molar-refractivity contribution in [3.8, 4) is 0 Å². The fraction of sp³-hybridized carbons (Fsp3) is 0.269. The molecule has 0 radical (unpaired) electrons. The van der Waals surface area contributed by atoms with Crippen LogP contribution in [0.25, 0.3) is 0 Å². The summed E-state index contributed by atoms with van der Waals surface area (Å²) >= 11 is 19.5. The van der Waals surface area contributed by atoms with E-state index < -0.39 is 0 Å². The lowest BCUT2D eigenvalue weighted by Crippen LogP contribution is -2.15. The predicted octanol–water partition coefficient (Wildman–Crippen LogP) is 6.98. The van der Waals surface area contributed by atoms with Gasteiger partial charge in [-0.3, -0.25) is 4.79 Å². The number of carbonyl (C=O) groups is 1. The fourth-order valence-corrected chi connectivity index (χ4v) is 4.98. The van der Waals surface area contributed by atoms with E-state index in [0.29, 0.717) is 58.7 Å². The number of ether oxygens (including phenoxy) is 1. The largest absolute Gasteiger partial charge is 0.381 e. The van der Waals surface area contributed by atoms with Crippen LogP contribution in [-0.2, 0) is 22.5 Å². The van der Waals surface area contributed by atoms with Gasteiger partial charge in [0, 0.05) is 41.9 Å². The summed E-state index contributed by atoms with van der Waals surface area (Å²) in [6.07, 6.45) is 4.97. The maximum Gasteiger partial charge on any atom is 0.229 e. The Kier molecular flexibility index (Phi) is 8.63. The van der Waals surface area contributed by atoms with Gasteiger partial charge in [-0.2, -0.15) is 4.98 Å². The Hall–Kier alpha value is -2.64. The van der Waals surface area contributed by atoms with E-state index in [1.165, 1.54) is 12.3 Å². The highest BCUT2D eigenvalue weighted by atomic mass is 35.5. The monoisotopic (exact) mass is 530 g/mol. The lowest BCUT2D eigenvalue weighted by Gasteiger charge is -2.24. The standard InChI is InChI=1S/C26H25Cl3N4O2/c1-2-20(34)11-16-4-3-5-17(10-16)14-30-25-23(29)15-31-26(33-25)32-19-12-21(27)24(22(28)13-19)18-6-8-35-9-7-18/h2-5,10,12-13,15,18H,1,6-9,11,14H2,(H2,30,31,32,33). The van der Waals surface area contributed by atoms with Crippen LogP contribution in [0.2, 0.25) is 15.1 Å². The molecule has 0 saturated carbocycles. The number of allylic oxidation sites excluding steroid dienone is 1. The van der Waals surface area contributed by atoms with Crippen LogP contribution in [0.3, 0.4) is 0 Å². The average Bonchev–Trinajstić information content (AvgIpc) is 2.85. The second kappa shape index (κ2) is 11.9. The van der Waals surface area contributed by atoms with Crippen molar-refractivity contribution in [1.29, 1.82) is 0 Å². The van der Waals surface area contributed by atoms with Crippen molar-refractivity contribution in [3.63, 3.8) is 0 Å². The molecule has 0 atom stereocenters. The van der Waals surface area contributed by atoms with Gasteiger partial charge >= 0.3 is 0 Å². The summed E-state index contributed by atoms with van der Waals surface area (Å²) in [7, 11) is 0. The predicted molar refractivity (Wildman–Crippen MR) is 142 cm³/mol. The minimum atomic E-state index is -0.0225.